The number of hydrogen-bond acceptors (Lipinski definition) is 4. The van der Waals surface area contributed by atoms with Gasteiger partial charge in [-0.1, -0.05) is 0 Å². The number of aromatic amines is 1. The van der Waals surface area contributed by atoms with Crippen molar-refractivity contribution >= 4 is 17.7 Å². The second kappa shape index (κ2) is 5.64. The van der Waals surface area contributed by atoms with Gasteiger partial charge in [-0.2, -0.15) is 5.10 Å². The second-order valence-electron chi connectivity index (χ2n) is 3.10. The van der Waals surface area contributed by atoms with Crippen molar-refractivity contribution in [2.24, 2.45) is 0 Å². The molecule has 0 aliphatic carbocycles. The zero-order valence-electron chi connectivity index (χ0n) is 8.40. The van der Waals surface area contributed by atoms with Gasteiger partial charge in [0, 0.05) is 18.9 Å². The number of anilines is 1. The zero-order valence-corrected chi connectivity index (χ0v) is 8.40. The van der Waals surface area contributed by atoms with Gasteiger partial charge in [0.05, 0.1) is 0 Å². The Morgan fingerprint density at radius 1 is 1.38 bits per heavy atom. The number of carboxylic acid groups (broad SMARTS) is 1. The number of amides is 1. The Bertz CT molecular complexity index is 420. The van der Waals surface area contributed by atoms with Gasteiger partial charge < -0.3 is 10.4 Å². The van der Waals surface area contributed by atoms with Crippen molar-refractivity contribution in [2.45, 2.75) is 19.3 Å². The Labute approximate surface area is 90.5 Å². The van der Waals surface area contributed by atoms with Crippen LogP contribution in [0.5, 0.6) is 0 Å². The maximum absolute atomic E-state index is 11.2. The quantitative estimate of drug-likeness (QED) is 0.651. The smallest absolute Gasteiger partial charge is 0.303 e. The number of hydrogen-bond donors (Lipinski definition) is 3. The van der Waals surface area contributed by atoms with E-state index >= 15 is 0 Å². The fraction of sp³-hybridized carbons (Fsp3) is 0.333. The largest absolute Gasteiger partial charge is 0.481 e. The molecule has 0 aromatic carbocycles. The van der Waals surface area contributed by atoms with E-state index in [1.54, 1.807) is 0 Å². The van der Waals surface area contributed by atoms with Gasteiger partial charge in [0.2, 0.25) is 5.91 Å². The highest BCUT2D eigenvalue weighted by atomic mass is 16.4. The van der Waals surface area contributed by atoms with Gasteiger partial charge in [0.15, 0.2) is 5.82 Å². The molecule has 1 aromatic heterocycles. The highest BCUT2D eigenvalue weighted by molar-refractivity contribution is 5.89. The fourth-order valence-electron chi connectivity index (χ4n) is 1.02. The van der Waals surface area contributed by atoms with E-state index in [0.717, 1.165) is 0 Å². The highest BCUT2D eigenvalue weighted by Crippen LogP contribution is 2.01. The van der Waals surface area contributed by atoms with Crippen molar-refractivity contribution in [3.8, 4) is 0 Å². The van der Waals surface area contributed by atoms with E-state index in [2.05, 4.69) is 15.5 Å². The van der Waals surface area contributed by atoms with Crippen LogP contribution < -0.4 is 10.9 Å². The molecule has 1 rings (SSSR count). The topological polar surface area (TPSA) is 112 Å². The van der Waals surface area contributed by atoms with E-state index in [-0.39, 0.29) is 36.5 Å². The summed E-state index contributed by atoms with van der Waals surface area (Å²) in [6.07, 6.45) is 0.324. The Morgan fingerprint density at radius 3 is 2.69 bits per heavy atom. The first-order valence-corrected chi connectivity index (χ1v) is 4.65. The minimum atomic E-state index is -0.935. The SMILES string of the molecule is O=C(O)CCCC(=O)Nc1ccc(=O)[nH]n1. The number of nitrogens with zero attached hydrogens (tertiary/aromatic N) is 1. The molecule has 0 atom stereocenters. The molecule has 16 heavy (non-hydrogen) atoms. The van der Waals surface area contributed by atoms with E-state index in [0.29, 0.717) is 0 Å². The molecule has 0 spiro atoms. The van der Waals surface area contributed by atoms with Crippen LogP contribution >= 0.6 is 0 Å². The summed E-state index contributed by atoms with van der Waals surface area (Å²) in [6, 6.07) is 2.60. The van der Waals surface area contributed by atoms with Crippen LogP contribution in [-0.4, -0.2) is 27.2 Å². The minimum Gasteiger partial charge on any atom is -0.481 e. The van der Waals surface area contributed by atoms with Crippen LogP contribution in [0.3, 0.4) is 0 Å². The molecular weight excluding hydrogens is 214 g/mol. The molecule has 0 aliphatic rings. The molecule has 1 heterocycles. The highest BCUT2D eigenvalue weighted by Gasteiger charge is 2.04. The minimum absolute atomic E-state index is 0.0491. The second-order valence-corrected chi connectivity index (χ2v) is 3.10. The Kier molecular flexibility index (Phi) is 4.19. The van der Waals surface area contributed by atoms with Gasteiger partial charge in [-0.25, -0.2) is 5.10 Å². The lowest BCUT2D eigenvalue weighted by molar-refractivity contribution is -0.137. The van der Waals surface area contributed by atoms with Crippen molar-refractivity contribution in [2.75, 3.05) is 5.32 Å². The molecule has 0 unspecified atom stereocenters. The van der Waals surface area contributed by atoms with Crippen LogP contribution in [0.1, 0.15) is 19.3 Å². The molecule has 0 bridgehead atoms. The molecule has 0 saturated heterocycles. The average Bonchev–Trinajstić information content (AvgIpc) is 2.21. The standard InChI is InChI=1S/C9H11N3O4/c13-7(2-1-3-9(15)16)10-6-4-5-8(14)12-11-6/h4-5H,1-3H2,(H,12,14)(H,15,16)(H,10,11,13). The maximum Gasteiger partial charge on any atom is 0.303 e. The van der Waals surface area contributed by atoms with Crippen LogP contribution in [0.2, 0.25) is 0 Å². The van der Waals surface area contributed by atoms with E-state index in [1.165, 1.54) is 12.1 Å². The van der Waals surface area contributed by atoms with Crippen molar-refractivity contribution < 1.29 is 14.7 Å². The number of carbonyl (C=O) groups is 2. The number of carbonyl (C=O) groups excluding carboxylic acids is 1. The summed E-state index contributed by atoms with van der Waals surface area (Å²) >= 11 is 0. The Hall–Kier alpha value is -2.18. The number of aliphatic carboxylic acids is 1. The molecule has 86 valence electrons. The molecule has 3 N–H and O–H groups in total. The molecule has 1 aromatic rings. The summed E-state index contributed by atoms with van der Waals surface area (Å²) in [5.74, 6) is -1.03. The van der Waals surface area contributed by atoms with Gasteiger partial charge in [-0.15, -0.1) is 0 Å². The monoisotopic (exact) mass is 225 g/mol. The summed E-state index contributed by atoms with van der Waals surface area (Å²) in [5, 5.41) is 16.5. The van der Waals surface area contributed by atoms with Crippen LogP contribution in [-0.2, 0) is 9.59 Å². The molecule has 0 radical (unpaired) electrons. The van der Waals surface area contributed by atoms with Crippen molar-refractivity contribution in [3.63, 3.8) is 0 Å². The summed E-state index contributed by atoms with van der Waals surface area (Å²) in [7, 11) is 0. The third-order valence-corrected chi connectivity index (χ3v) is 1.74. The third kappa shape index (κ3) is 4.36. The molecule has 1 amide bonds. The van der Waals surface area contributed by atoms with Crippen molar-refractivity contribution in [3.05, 3.63) is 22.5 Å². The Balaban J connectivity index is 2.37. The summed E-state index contributed by atoms with van der Waals surface area (Å²) in [6.45, 7) is 0. The lowest BCUT2D eigenvalue weighted by Crippen LogP contribution is -2.15. The first-order chi connectivity index (χ1) is 7.58. The molecule has 0 saturated carbocycles. The molecule has 0 aliphatic heterocycles. The van der Waals surface area contributed by atoms with Crippen molar-refractivity contribution in [1.29, 1.82) is 0 Å². The van der Waals surface area contributed by atoms with Crippen LogP contribution in [0, 0.1) is 0 Å². The normalized spacial score (nSPS) is 9.75. The summed E-state index contributed by atoms with van der Waals surface area (Å²) in [5.41, 5.74) is -0.358. The molecule has 7 heteroatoms. The lowest BCUT2D eigenvalue weighted by atomic mass is 10.2. The summed E-state index contributed by atoms with van der Waals surface area (Å²) < 4.78 is 0. The third-order valence-electron chi connectivity index (χ3n) is 1.74. The molecule has 0 fully saturated rings. The summed E-state index contributed by atoms with van der Waals surface area (Å²) in [4.78, 5) is 32.1. The number of aromatic nitrogens is 2. The van der Waals surface area contributed by atoms with E-state index in [9.17, 15) is 14.4 Å². The number of rotatable bonds is 5. The first kappa shape index (κ1) is 11.9. The van der Waals surface area contributed by atoms with Crippen molar-refractivity contribution in [1.82, 2.24) is 10.2 Å². The van der Waals surface area contributed by atoms with E-state index in [1.807, 2.05) is 0 Å². The van der Waals surface area contributed by atoms with Gasteiger partial charge >= 0.3 is 5.97 Å². The van der Waals surface area contributed by atoms with Crippen LogP contribution in [0.4, 0.5) is 5.82 Å². The molecule has 7 nitrogen and oxygen atoms in total. The number of carboxylic acids is 1. The van der Waals surface area contributed by atoms with Crippen LogP contribution in [0.15, 0.2) is 16.9 Å². The van der Waals surface area contributed by atoms with Gasteiger partial charge in [-0.05, 0) is 12.5 Å². The Morgan fingerprint density at radius 2 is 2.12 bits per heavy atom. The van der Waals surface area contributed by atoms with Gasteiger partial charge in [0.1, 0.15) is 0 Å². The van der Waals surface area contributed by atoms with Crippen LogP contribution in [0.25, 0.3) is 0 Å². The van der Waals surface area contributed by atoms with Gasteiger partial charge in [-0.3, -0.25) is 14.4 Å². The predicted octanol–water partition coefficient (Wildman–Crippen LogP) is -0.0367. The maximum atomic E-state index is 11.2. The first-order valence-electron chi connectivity index (χ1n) is 4.65. The fourth-order valence-corrected chi connectivity index (χ4v) is 1.02. The average molecular weight is 225 g/mol. The number of nitrogens with one attached hydrogen (secondary N) is 2. The van der Waals surface area contributed by atoms with E-state index < -0.39 is 5.97 Å². The van der Waals surface area contributed by atoms with Gasteiger partial charge in [0.25, 0.3) is 5.56 Å². The zero-order chi connectivity index (χ0) is 12.0. The predicted molar refractivity (Wildman–Crippen MR) is 55.0 cm³/mol. The molecular formula is C9H11N3O4. The lowest BCUT2D eigenvalue weighted by Gasteiger charge is -2.01. The number of H-pyrrole nitrogens is 1. The van der Waals surface area contributed by atoms with E-state index in [4.69, 9.17) is 5.11 Å².